The van der Waals surface area contributed by atoms with Gasteiger partial charge in [0.1, 0.15) is 25.6 Å². The number of hydrogen-bond donors (Lipinski definition) is 1. The highest BCUT2D eigenvalue weighted by Gasteiger charge is 2.21. The standard InChI is InChI=1S/C29H38N3O5P/c1-4-5-6-7-11-17-29(33)32-28(24-37-38(35-20-18-30-2)36-21-19-31-3)26-15-12-16-27(22-26)34-23-25-13-9-8-10-14-25/h8-10,12-16,22,28H,4-7,11,17-21,23-24H2,1H3,(H,32,33). The van der Waals surface area contributed by atoms with E-state index in [2.05, 4.69) is 21.9 Å². The van der Waals surface area contributed by atoms with Crippen LogP contribution < -0.4 is 10.1 Å². The van der Waals surface area contributed by atoms with Gasteiger partial charge < -0.3 is 33.3 Å². The molecule has 1 unspecified atom stereocenters. The molecule has 2 aromatic carbocycles. The van der Waals surface area contributed by atoms with E-state index in [0.717, 1.165) is 36.8 Å². The summed E-state index contributed by atoms with van der Waals surface area (Å²) >= 11 is 0. The summed E-state index contributed by atoms with van der Waals surface area (Å²) in [6, 6.07) is 17.1. The maximum Gasteiger partial charge on any atom is 0.333 e. The fraction of sp³-hybridized carbons (Fsp3) is 0.483. The highest BCUT2D eigenvalue weighted by atomic mass is 31.2. The van der Waals surface area contributed by atoms with Crippen LogP contribution in [-0.4, -0.2) is 38.8 Å². The predicted molar refractivity (Wildman–Crippen MR) is 149 cm³/mol. The fourth-order valence-electron chi connectivity index (χ4n) is 3.51. The Morgan fingerprint density at radius 2 is 1.63 bits per heavy atom. The molecule has 1 amide bonds. The average Bonchev–Trinajstić information content (AvgIpc) is 2.94. The minimum atomic E-state index is -1.76. The molecule has 2 aromatic rings. The Labute approximate surface area is 228 Å². The third-order valence-electron chi connectivity index (χ3n) is 5.50. The number of unbranched alkanes of at least 4 members (excludes halogenated alkanes) is 4. The highest BCUT2D eigenvalue weighted by molar-refractivity contribution is 7.41. The van der Waals surface area contributed by atoms with Gasteiger partial charge in [-0.15, -0.1) is 0 Å². The molecule has 0 saturated heterocycles. The quantitative estimate of drug-likeness (QED) is 0.113. The number of carbonyl (C=O) groups is 1. The number of hydrogen-bond acceptors (Lipinski definition) is 5. The van der Waals surface area contributed by atoms with Crippen LogP contribution >= 0.6 is 8.60 Å². The van der Waals surface area contributed by atoms with Crippen LogP contribution in [0.1, 0.15) is 62.6 Å². The summed E-state index contributed by atoms with van der Waals surface area (Å²) in [7, 11) is -1.76. The molecular weight excluding hydrogens is 501 g/mol. The predicted octanol–water partition coefficient (Wildman–Crippen LogP) is 6.90. The first-order valence-electron chi connectivity index (χ1n) is 13.1. The Kier molecular flexibility index (Phi) is 16.5. The van der Waals surface area contributed by atoms with Crippen molar-refractivity contribution in [3.63, 3.8) is 0 Å². The van der Waals surface area contributed by atoms with Crippen molar-refractivity contribution in [2.24, 2.45) is 0 Å². The van der Waals surface area contributed by atoms with Gasteiger partial charge in [-0.05, 0) is 29.7 Å². The molecule has 0 radical (unpaired) electrons. The third kappa shape index (κ3) is 13.5. The van der Waals surface area contributed by atoms with E-state index in [1.807, 2.05) is 54.6 Å². The molecule has 38 heavy (non-hydrogen) atoms. The van der Waals surface area contributed by atoms with Crippen LogP contribution in [0.5, 0.6) is 5.75 Å². The second kappa shape index (κ2) is 20.0. The second-order valence-corrected chi connectivity index (χ2v) is 9.80. The monoisotopic (exact) mass is 539 g/mol. The zero-order valence-corrected chi connectivity index (χ0v) is 23.0. The first kappa shape index (κ1) is 31.2. The number of rotatable bonds is 20. The van der Waals surface area contributed by atoms with Crippen molar-refractivity contribution in [2.45, 2.75) is 58.1 Å². The summed E-state index contributed by atoms with van der Waals surface area (Å²) in [5.74, 6) is 0.645. The Hall–Kier alpha value is -3.00. The van der Waals surface area contributed by atoms with Crippen molar-refractivity contribution >= 4 is 14.5 Å². The van der Waals surface area contributed by atoms with Gasteiger partial charge in [-0.1, -0.05) is 75.1 Å². The molecular formula is C29H38N3O5P. The smallest absolute Gasteiger partial charge is 0.333 e. The SMILES string of the molecule is [C-]#[N+]CCOP(OCC[N+]#[C-])OCC(NC(=O)CCCCCCC)c1cccc(OCc2ccccc2)c1. The van der Waals surface area contributed by atoms with Crippen molar-refractivity contribution in [3.05, 3.63) is 88.6 Å². The Bertz CT molecular complexity index is 989. The minimum Gasteiger partial charge on any atom is -0.489 e. The van der Waals surface area contributed by atoms with E-state index in [0.29, 0.717) is 18.8 Å². The van der Waals surface area contributed by atoms with E-state index >= 15 is 0 Å². The Morgan fingerprint density at radius 3 is 2.32 bits per heavy atom. The van der Waals surface area contributed by atoms with Crippen molar-refractivity contribution < 1.29 is 23.1 Å². The molecule has 0 aliphatic rings. The molecule has 0 bridgehead atoms. The van der Waals surface area contributed by atoms with E-state index < -0.39 is 14.6 Å². The summed E-state index contributed by atoms with van der Waals surface area (Å²) in [4.78, 5) is 19.4. The molecule has 0 spiro atoms. The minimum absolute atomic E-state index is 0.0436. The number of nitrogens with zero attached hydrogens (tertiary/aromatic N) is 2. The van der Waals surface area contributed by atoms with Crippen LogP contribution in [0.2, 0.25) is 0 Å². The summed E-state index contributed by atoms with van der Waals surface area (Å²) in [6.07, 6.45) is 5.78. The van der Waals surface area contributed by atoms with E-state index in [9.17, 15) is 4.79 Å². The van der Waals surface area contributed by atoms with Gasteiger partial charge in [0, 0.05) is 6.42 Å². The van der Waals surface area contributed by atoms with Crippen LogP contribution in [0.15, 0.2) is 54.6 Å². The molecule has 0 heterocycles. The van der Waals surface area contributed by atoms with Gasteiger partial charge in [0.05, 0.1) is 12.6 Å². The molecule has 2 rings (SSSR count). The van der Waals surface area contributed by atoms with Gasteiger partial charge >= 0.3 is 8.60 Å². The largest absolute Gasteiger partial charge is 0.489 e. The van der Waals surface area contributed by atoms with Gasteiger partial charge in [-0.25, -0.2) is 13.1 Å². The molecule has 8 nitrogen and oxygen atoms in total. The van der Waals surface area contributed by atoms with Crippen LogP contribution in [0.4, 0.5) is 0 Å². The number of carbonyl (C=O) groups excluding carboxylic acids is 1. The highest BCUT2D eigenvalue weighted by Crippen LogP contribution is 2.40. The van der Waals surface area contributed by atoms with Crippen molar-refractivity contribution in [2.75, 3.05) is 32.9 Å². The maximum absolute atomic E-state index is 12.8. The first-order chi connectivity index (χ1) is 18.7. The van der Waals surface area contributed by atoms with Gasteiger partial charge in [0.15, 0.2) is 0 Å². The zero-order chi connectivity index (χ0) is 27.3. The molecule has 0 fully saturated rings. The van der Waals surface area contributed by atoms with Crippen molar-refractivity contribution in [1.29, 1.82) is 0 Å². The van der Waals surface area contributed by atoms with E-state index in [1.54, 1.807) is 0 Å². The van der Waals surface area contributed by atoms with Crippen LogP contribution in [0.25, 0.3) is 9.69 Å². The molecule has 0 aromatic heterocycles. The van der Waals surface area contributed by atoms with Crippen molar-refractivity contribution in [1.82, 2.24) is 5.32 Å². The summed E-state index contributed by atoms with van der Waals surface area (Å²) in [6.45, 7) is 17.3. The van der Waals surface area contributed by atoms with E-state index in [1.165, 1.54) is 6.42 Å². The van der Waals surface area contributed by atoms with E-state index in [-0.39, 0.29) is 38.8 Å². The number of ether oxygens (including phenoxy) is 1. The van der Waals surface area contributed by atoms with Crippen LogP contribution in [0, 0.1) is 13.1 Å². The zero-order valence-electron chi connectivity index (χ0n) is 22.1. The number of amides is 1. The summed E-state index contributed by atoms with van der Waals surface area (Å²) in [5, 5.41) is 3.10. The molecule has 9 heteroatoms. The lowest BCUT2D eigenvalue weighted by Gasteiger charge is -2.22. The van der Waals surface area contributed by atoms with Gasteiger partial charge in [0.2, 0.25) is 19.0 Å². The Morgan fingerprint density at radius 1 is 0.921 bits per heavy atom. The van der Waals surface area contributed by atoms with E-state index in [4.69, 9.17) is 31.5 Å². The fourth-order valence-corrected chi connectivity index (χ4v) is 4.46. The lowest BCUT2D eigenvalue weighted by atomic mass is 10.1. The number of benzene rings is 2. The van der Waals surface area contributed by atoms with Gasteiger partial charge in [-0.3, -0.25) is 4.79 Å². The Balaban J connectivity index is 2.07. The topological polar surface area (TPSA) is 74.7 Å². The second-order valence-electron chi connectivity index (χ2n) is 8.58. The first-order valence-corrected chi connectivity index (χ1v) is 14.2. The molecule has 0 saturated carbocycles. The molecule has 0 aliphatic carbocycles. The maximum atomic E-state index is 12.8. The average molecular weight is 540 g/mol. The van der Waals surface area contributed by atoms with Crippen LogP contribution in [0.3, 0.4) is 0 Å². The lowest BCUT2D eigenvalue weighted by molar-refractivity contribution is -0.122. The van der Waals surface area contributed by atoms with Gasteiger partial charge in [-0.2, -0.15) is 0 Å². The molecule has 1 atom stereocenters. The summed E-state index contributed by atoms with van der Waals surface area (Å²) < 4.78 is 23.1. The normalized spacial score (nSPS) is 11.5. The van der Waals surface area contributed by atoms with Crippen LogP contribution in [-0.2, 0) is 25.0 Å². The summed E-state index contributed by atoms with van der Waals surface area (Å²) in [5.41, 5.74) is 1.90. The number of nitrogens with one attached hydrogen (secondary N) is 1. The van der Waals surface area contributed by atoms with Gasteiger partial charge in [0.25, 0.3) is 0 Å². The van der Waals surface area contributed by atoms with Crippen molar-refractivity contribution in [3.8, 4) is 5.75 Å². The third-order valence-corrected chi connectivity index (χ3v) is 6.64. The lowest BCUT2D eigenvalue weighted by Crippen LogP contribution is -2.31. The molecule has 204 valence electrons. The molecule has 0 aliphatic heterocycles. The molecule has 1 N–H and O–H groups in total.